The van der Waals surface area contributed by atoms with Gasteiger partial charge in [-0.05, 0) is 13.0 Å². The number of benzene rings is 1. The van der Waals surface area contributed by atoms with E-state index in [0.29, 0.717) is 12.2 Å². The van der Waals surface area contributed by atoms with E-state index in [0.717, 1.165) is 0 Å². The standard InChI is InChI=1S/C13H13ClF2N2O2/c1-2-18-11(9(14)7-17-18)12(19)8-5-3-4-6-10(8)20-13(15)16/h3-7,12-13,19H,2H2,1H3. The monoisotopic (exact) mass is 302 g/mol. The molecule has 1 aromatic heterocycles. The smallest absolute Gasteiger partial charge is 0.387 e. The zero-order valence-corrected chi connectivity index (χ0v) is 11.4. The minimum atomic E-state index is -2.96. The highest BCUT2D eigenvalue weighted by molar-refractivity contribution is 6.31. The number of halogens is 3. The lowest BCUT2D eigenvalue weighted by atomic mass is 10.1. The van der Waals surface area contributed by atoms with Crippen molar-refractivity contribution >= 4 is 11.6 Å². The van der Waals surface area contributed by atoms with E-state index < -0.39 is 12.7 Å². The van der Waals surface area contributed by atoms with Gasteiger partial charge < -0.3 is 9.84 Å². The molecular weight excluding hydrogens is 290 g/mol. The van der Waals surface area contributed by atoms with Crippen LogP contribution in [0.5, 0.6) is 5.75 Å². The summed E-state index contributed by atoms with van der Waals surface area (Å²) in [5.41, 5.74) is 0.560. The van der Waals surface area contributed by atoms with Gasteiger partial charge in [-0.3, -0.25) is 4.68 Å². The van der Waals surface area contributed by atoms with Gasteiger partial charge in [-0.1, -0.05) is 29.8 Å². The largest absolute Gasteiger partial charge is 0.434 e. The summed E-state index contributed by atoms with van der Waals surface area (Å²) in [7, 11) is 0. The van der Waals surface area contributed by atoms with Crippen LogP contribution in [0.2, 0.25) is 5.02 Å². The number of ether oxygens (including phenoxy) is 1. The number of aliphatic hydroxyl groups excluding tert-OH is 1. The minimum Gasteiger partial charge on any atom is -0.434 e. The van der Waals surface area contributed by atoms with Crippen LogP contribution in [0, 0.1) is 0 Å². The van der Waals surface area contributed by atoms with Crippen molar-refractivity contribution in [1.82, 2.24) is 9.78 Å². The third-order valence-corrected chi connectivity index (χ3v) is 3.11. The summed E-state index contributed by atoms with van der Waals surface area (Å²) in [5.74, 6) is -0.0880. The summed E-state index contributed by atoms with van der Waals surface area (Å²) in [6, 6.07) is 6.04. The van der Waals surface area contributed by atoms with Crippen LogP contribution in [0.1, 0.15) is 24.3 Å². The molecule has 0 amide bonds. The summed E-state index contributed by atoms with van der Waals surface area (Å²) in [6.45, 7) is -0.632. The Hall–Kier alpha value is -1.66. The number of para-hydroxylation sites is 1. The molecule has 0 radical (unpaired) electrons. The molecule has 2 aromatic rings. The molecule has 0 spiro atoms. The van der Waals surface area contributed by atoms with Crippen molar-refractivity contribution in [2.75, 3.05) is 0 Å². The van der Waals surface area contributed by atoms with Crippen LogP contribution in [0.3, 0.4) is 0 Å². The van der Waals surface area contributed by atoms with Crippen LogP contribution < -0.4 is 4.74 Å². The lowest BCUT2D eigenvalue weighted by Crippen LogP contribution is -2.12. The van der Waals surface area contributed by atoms with E-state index in [9.17, 15) is 13.9 Å². The van der Waals surface area contributed by atoms with Crippen molar-refractivity contribution < 1.29 is 18.6 Å². The SMILES string of the molecule is CCn1ncc(Cl)c1C(O)c1ccccc1OC(F)F. The van der Waals surface area contributed by atoms with Crippen LogP contribution in [-0.4, -0.2) is 21.5 Å². The lowest BCUT2D eigenvalue weighted by Gasteiger charge is -2.17. The third-order valence-electron chi connectivity index (χ3n) is 2.82. The maximum atomic E-state index is 12.4. The molecule has 0 aliphatic rings. The lowest BCUT2D eigenvalue weighted by molar-refractivity contribution is -0.0513. The van der Waals surface area contributed by atoms with Crippen LogP contribution >= 0.6 is 11.6 Å². The molecule has 1 heterocycles. The van der Waals surface area contributed by atoms with E-state index in [1.807, 2.05) is 6.92 Å². The number of aromatic nitrogens is 2. The molecule has 4 nitrogen and oxygen atoms in total. The molecule has 1 N–H and O–H groups in total. The zero-order valence-electron chi connectivity index (χ0n) is 10.6. The number of aryl methyl sites for hydroxylation is 1. The highest BCUT2D eigenvalue weighted by Crippen LogP contribution is 2.34. The van der Waals surface area contributed by atoms with E-state index in [1.165, 1.54) is 23.0 Å². The van der Waals surface area contributed by atoms with Gasteiger partial charge in [-0.25, -0.2) is 0 Å². The second kappa shape index (κ2) is 6.19. The Labute approximate surface area is 119 Å². The molecule has 1 aromatic carbocycles. The Morgan fingerprint density at radius 2 is 2.10 bits per heavy atom. The molecule has 0 aliphatic carbocycles. The Morgan fingerprint density at radius 1 is 1.40 bits per heavy atom. The van der Waals surface area contributed by atoms with Crippen molar-refractivity contribution in [3.05, 3.63) is 46.7 Å². The predicted molar refractivity (Wildman–Crippen MR) is 70.0 cm³/mol. The molecule has 1 atom stereocenters. The number of hydrogen-bond acceptors (Lipinski definition) is 3. The molecule has 0 aliphatic heterocycles. The Bertz CT molecular complexity index is 590. The van der Waals surface area contributed by atoms with Gasteiger partial charge in [0.1, 0.15) is 11.9 Å². The zero-order chi connectivity index (χ0) is 14.7. The normalized spacial score (nSPS) is 12.7. The fourth-order valence-electron chi connectivity index (χ4n) is 1.95. The summed E-state index contributed by atoms with van der Waals surface area (Å²) in [4.78, 5) is 0. The molecule has 0 bridgehead atoms. The summed E-state index contributed by atoms with van der Waals surface area (Å²) in [6.07, 6.45) is 0.208. The van der Waals surface area contributed by atoms with E-state index in [2.05, 4.69) is 9.84 Å². The maximum absolute atomic E-state index is 12.4. The molecule has 0 fully saturated rings. The Balaban J connectivity index is 2.42. The summed E-state index contributed by atoms with van der Waals surface area (Å²) < 4.78 is 30.7. The first-order valence-corrected chi connectivity index (χ1v) is 6.35. The fourth-order valence-corrected chi connectivity index (χ4v) is 2.20. The minimum absolute atomic E-state index is 0.0880. The molecule has 108 valence electrons. The van der Waals surface area contributed by atoms with Gasteiger partial charge in [0.05, 0.1) is 16.9 Å². The average molecular weight is 303 g/mol. The highest BCUT2D eigenvalue weighted by atomic mass is 35.5. The van der Waals surface area contributed by atoms with Gasteiger partial charge in [-0.2, -0.15) is 13.9 Å². The van der Waals surface area contributed by atoms with Gasteiger partial charge in [0.25, 0.3) is 0 Å². The number of alkyl halides is 2. The van der Waals surface area contributed by atoms with Crippen LogP contribution in [-0.2, 0) is 6.54 Å². The highest BCUT2D eigenvalue weighted by Gasteiger charge is 2.23. The molecule has 1 unspecified atom stereocenters. The molecule has 0 saturated heterocycles. The number of aliphatic hydroxyl groups is 1. The van der Waals surface area contributed by atoms with Gasteiger partial charge in [0, 0.05) is 12.1 Å². The fraction of sp³-hybridized carbons (Fsp3) is 0.308. The van der Waals surface area contributed by atoms with Crippen molar-refractivity contribution in [3.8, 4) is 5.75 Å². The quantitative estimate of drug-likeness (QED) is 0.922. The first-order valence-electron chi connectivity index (χ1n) is 5.97. The molecule has 2 rings (SSSR count). The predicted octanol–water partition coefficient (Wildman–Crippen LogP) is 3.24. The molecular formula is C13H13ClF2N2O2. The van der Waals surface area contributed by atoms with Crippen molar-refractivity contribution in [1.29, 1.82) is 0 Å². The van der Waals surface area contributed by atoms with Crippen LogP contribution in [0.15, 0.2) is 30.5 Å². The first kappa shape index (κ1) is 14.7. The second-order valence-electron chi connectivity index (χ2n) is 4.01. The van der Waals surface area contributed by atoms with Crippen molar-refractivity contribution in [2.24, 2.45) is 0 Å². The summed E-state index contributed by atoms with van der Waals surface area (Å²) in [5, 5.41) is 14.7. The van der Waals surface area contributed by atoms with Gasteiger partial charge in [-0.15, -0.1) is 0 Å². The maximum Gasteiger partial charge on any atom is 0.387 e. The van der Waals surface area contributed by atoms with Gasteiger partial charge in [0.15, 0.2) is 0 Å². The Kier molecular flexibility index (Phi) is 4.57. The molecule has 7 heteroatoms. The van der Waals surface area contributed by atoms with E-state index in [-0.39, 0.29) is 16.3 Å². The van der Waals surface area contributed by atoms with Crippen LogP contribution in [0.25, 0.3) is 0 Å². The van der Waals surface area contributed by atoms with E-state index in [4.69, 9.17) is 11.6 Å². The molecule has 20 heavy (non-hydrogen) atoms. The van der Waals surface area contributed by atoms with Crippen molar-refractivity contribution in [3.63, 3.8) is 0 Å². The van der Waals surface area contributed by atoms with Gasteiger partial charge >= 0.3 is 6.61 Å². The van der Waals surface area contributed by atoms with E-state index in [1.54, 1.807) is 12.1 Å². The first-order chi connectivity index (χ1) is 9.54. The second-order valence-corrected chi connectivity index (χ2v) is 4.42. The molecule has 0 saturated carbocycles. The average Bonchev–Trinajstić information content (AvgIpc) is 2.79. The summed E-state index contributed by atoms with van der Waals surface area (Å²) >= 11 is 5.99. The van der Waals surface area contributed by atoms with E-state index >= 15 is 0 Å². The Morgan fingerprint density at radius 3 is 2.75 bits per heavy atom. The van der Waals surface area contributed by atoms with Gasteiger partial charge in [0.2, 0.25) is 0 Å². The number of hydrogen-bond donors (Lipinski definition) is 1. The number of rotatable bonds is 5. The number of nitrogens with zero attached hydrogens (tertiary/aromatic N) is 2. The van der Waals surface area contributed by atoms with Crippen molar-refractivity contribution in [2.45, 2.75) is 26.2 Å². The third kappa shape index (κ3) is 2.91. The topological polar surface area (TPSA) is 47.3 Å². The van der Waals surface area contributed by atoms with Crippen LogP contribution in [0.4, 0.5) is 8.78 Å².